The van der Waals surface area contributed by atoms with E-state index < -0.39 is 30.3 Å². The summed E-state index contributed by atoms with van der Waals surface area (Å²) in [6.07, 6.45) is -1.16. The van der Waals surface area contributed by atoms with Crippen molar-refractivity contribution in [3.8, 4) is 0 Å². The van der Waals surface area contributed by atoms with Crippen LogP contribution in [0.5, 0.6) is 0 Å². The summed E-state index contributed by atoms with van der Waals surface area (Å²) in [5, 5.41) is 20.8. The van der Waals surface area contributed by atoms with Gasteiger partial charge < -0.3 is 19.7 Å². The molecule has 3 aliphatic rings. The molecule has 0 aromatic rings. The molecule has 126 valence electrons. The lowest BCUT2D eigenvalue weighted by molar-refractivity contribution is -0.148. The van der Waals surface area contributed by atoms with Gasteiger partial charge in [-0.25, -0.2) is 4.79 Å². The first-order chi connectivity index (χ1) is 10.8. The van der Waals surface area contributed by atoms with Crippen molar-refractivity contribution in [1.29, 1.82) is 0 Å². The summed E-state index contributed by atoms with van der Waals surface area (Å²) >= 11 is 0. The fourth-order valence-electron chi connectivity index (χ4n) is 4.35. The number of esters is 2. The van der Waals surface area contributed by atoms with E-state index in [1.54, 1.807) is 0 Å². The van der Waals surface area contributed by atoms with Gasteiger partial charge >= 0.3 is 11.9 Å². The standard InChI is InChI=1S/C17H22O6/c1-7-10-4-14(20)12(6-22-9(3)18)15(10)16-11(5-13(7)19)8(2)17(21)23-16/h10-16,19-20H,1-2,4-6H2,3H3/t10-,11-,12+,13-,14-,15+,16-/m1/s1. The molecule has 6 nitrogen and oxygen atoms in total. The van der Waals surface area contributed by atoms with Gasteiger partial charge in [0.2, 0.25) is 0 Å². The first kappa shape index (κ1) is 16.2. The van der Waals surface area contributed by atoms with E-state index in [4.69, 9.17) is 9.47 Å². The molecule has 7 atom stereocenters. The van der Waals surface area contributed by atoms with Crippen LogP contribution in [0.3, 0.4) is 0 Å². The van der Waals surface area contributed by atoms with E-state index in [1.165, 1.54) is 6.92 Å². The lowest BCUT2D eigenvalue weighted by atomic mass is 9.79. The number of aliphatic hydroxyl groups excluding tert-OH is 2. The van der Waals surface area contributed by atoms with Crippen molar-refractivity contribution < 1.29 is 29.3 Å². The second-order valence-corrected chi connectivity index (χ2v) is 6.78. The van der Waals surface area contributed by atoms with Gasteiger partial charge in [0.25, 0.3) is 0 Å². The highest BCUT2D eigenvalue weighted by Gasteiger charge is 2.57. The predicted octanol–water partition coefficient (Wildman–Crippen LogP) is 0.581. The molecule has 6 heteroatoms. The van der Waals surface area contributed by atoms with Crippen LogP contribution in [0.1, 0.15) is 19.8 Å². The van der Waals surface area contributed by atoms with Gasteiger partial charge in [0, 0.05) is 30.3 Å². The summed E-state index contributed by atoms with van der Waals surface area (Å²) in [5.41, 5.74) is 1.01. The average molecular weight is 322 g/mol. The van der Waals surface area contributed by atoms with Gasteiger partial charge in [0.1, 0.15) is 6.10 Å². The Morgan fingerprint density at radius 2 is 2.00 bits per heavy atom. The van der Waals surface area contributed by atoms with Crippen molar-refractivity contribution in [2.75, 3.05) is 6.61 Å². The number of fused-ring (bicyclic) bond motifs is 3. The molecule has 0 spiro atoms. The monoisotopic (exact) mass is 322 g/mol. The normalized spacial score (nSPS) is 42.7. The Labute approximate surface area is 134 Å². The summed E-state index contributed by atoms with van der Waals surface area (Å²) in [4.78, 5) is 23.0. The third kappa shape index (κ3) is 2.60. The van der Waals surface area contributed by atoms with E-state index in [-0.39, 0.29) is 30.3 Å². The molecule has 0 bridgehead atoms. The van der Waals surface area contributed by atoms with Crippen molar-refractivity contribution in [3.05, 3.63) is 24.3 Å². The fourth-order valence-corrected chi connectivity index (χ4v) is 4.35. The second-order valence-electron chi connectivity index (χ2n) is 6.78. The molecule has 1 aliphatic heterocycles. The van der Waals surface area contributed by atoms with Crippen LogP contribution in [-0.2, 0) is 19.1 Å². The summed E-state index contributed by atoms with van der Waals surface area (Å²) in [6, 6.07) is 0. The Balaban J connectivity index is 1.94. The molecular weight excluding hydrogens is 300 g/mol. The lowest BCUT2D eigenvalue weighted by Crippen LogP contribution is -2.36. The molecule has 3 rings (SSSR count). The summed E-state index contributed by atoms with van der Waals surface area (Å²) in [7, 11) is 0. The quantitative estimate of drug-likeness (QED) is 0.439. The third-order valence-corrected chi connectivity index (χ3v) is 5.54. The Morgan fingerprint density at radius 1 is 1.30 bits per heavy atom. The molecule has 3 fully saturated rings. The topological polar surface area (TPSA) is 93.1 Å². The zero-order valence-corrected chi connectivity index (χ0v) is 13.1. The predicted molar refractivity (Wildman–Crippen MR) is 80.0 cm³/mol. The van der Waals surface area contributed by atoms with Crippen LogP contribution in [0, 0.1) is 23.7 Å². The highest BCUT2D eigenvalue weighted by Crippen LogP contribution is 2.52. The third-order valence-electron chi connectivity index (χ3n) is 5.54. The maximum absolute atomic E-state index is 11.9. The van der Waals surface area contributed by atoms with Crippen LogP contribution in [0.2, 0.25) is 0 Å². The number of ether oxygens (including phenoxy) is 2. The van der Waals surface area contributed by atoms with E-state index in [1.807, 2.05) is 0 Å². The highest BCUT2D eigenvalue weighted by molar-refractivity contribution is 5.90. The SMILES string of the molecule is C=C1C(=O)O[C@H]2[C@@H]3[C@@H](COC(C)=O)[C@H](O)C[C@@H]3C(=C)[C@H](O)C[C@H]12. The van der Waals surface area contributed by atoms with E-state index in [0.717, 1.165) is 0 Å². The second kappa shape index (κ2) is 5.76. The van der Waals surface area contributed by atoms with Crippen LogP contribution in [0.25, 0.3) is 0 Å². The molecule has 23 heavy (non-hydrogen) atoms. The smallest absolute Gasteiger partial charge is 0.334 e. The fraction of sp³-hybridized carbons (Fsp3) is 0.647. The van der Waals surface area contributed by atoms with E-state index in [2.05, 4.69) is 13.2 Å². The Morgan fingerprint density at radius 3 is 2.65 bits per heavy atom. The Kier molecular flexibility index (Phi) is 4.06. The molecule has 0 amide bonds. The highest BCUT2D eigenvalue weighted by atomic mass is 16.6. The molecule has 0 unspecified atom stereocenters. The number of carbonyl (C=O) groups is 2. The van der Waals surface area contributed by atoms with E-state index >= 15 is 0 Å². The van der Waals surface area contributed by atoms with Crippen molar-refractivity contribution >= 4 is 11.9 Å². The van der Waals surface area contributed by atoms with Gasteiger partial charge in [-0.15, -0.1) is 0 Å². The number of hydrogen-bond acceptors (Lipinski definition) is 6. The van der Waals surface area contributed by atoms with Gasteiger partial charge in [0.15, 0.2) is 0 Å². The maximum Gasteiger partial charge on any atom is 0.334 e. The molecule has 2 aliphatic carbocycles. The van der Waals surface area contributed by atoms with Gasteiger partial charge in [-0.2, -0.15) is 0 Å². The van der Waals surface area contributed by atoms with Crippen molar-refractivity contribution in [3.63, 3.8) is 0 Å². The first-order valence-electron chi connectivity index (χ1n) is 7.89. The minimum atomic E-state index is -0.761. The van der Waals surface area contributed by atoms with Gasteiger partial charge in [-0.3, -0.25) is 4.79 Å². The molecule has 0 aromatic heterocycles. The van der Waals surface area contributed by atoms with Gasteiger partial charge in [0.05, 0.1) is 18.8 Å². The largest absolute Gasteiger partial charge is 0.465 e. The van der Waals surface area contributed by atoms with Crippen LogP contribution in [0.15, 0.2) is 24.3 Å². The minimum Gasteiger partial charge on any atom is -0.465 e. The van der Waals surface area contributed by atoms with Gasteiger partial charge in [-0.05, 0) is 24.3 Å². The van der Waals surface area contributed by atoms with Crippen molar-refractivity contribution in [2.45, 2.75) is 38.1 Å². The summed E-state index contributed by atoms with van der Waals surface area (Å²) in [6.45, 7) is 9.16. The summed E-state index contributed by atoms with van der Waals surface area (Å²) in [5.74, 6) is -1.92. The molecule has 0 radical (unpaired) electrons. The van der Waals surface area contributed by atoms with Crippen LogP contribution in [0.4, 0.5) is 0 Å². The number of aliphatic hydroxyl groups is 2. The van der Waals surface area contributed by atoms with Crippen LogP contribution in [-0.4, -0.2) is 47.1 Å². The van der Waals surface area contributed by atoms with E-state index in [0.29, 0.717) is 24.0 Å². The minimum absolute atomic E-state index is 0.0638. The van der Waals surface area contributed by atoms with E-state index in [9.17, 15) is 19.8 Å². The first-order valence-corrected chi connectivity index (χ1v) is 7.89. The zero-order valence-electron chi connectivity index (χ0n) is 13.1. The molecule has 1 saturated heterocycles. The van der Waals surface area contributed by atoms with Gasteiger partial charge in [-0.1, -0.05) is 13.2 Å². The lowest BCUT2D eigenvalue weighted by Gasteiger charge is -2.30. The summed E-state index contributed by atoms with van der Waals surface area (Å²) < 4.78 is 10.6. The zero-order chi connectivity index (χ0) is 16.9. The van der Waals surface area contributed by atoms with Crippen LogP contribution < -0.4 is 0 Å². The molecule has 1 heterocycles. The van der Waals surface area contributed by atoms with Crippen molar-refractivity contribution in [1.82, 2.24) is 0 Å². The molecule has 0 aromatic carbocycles. The Bertz CT molecular complexity index is 567. The molecular formula is C17H22O6. The van der Waals surface area contributed by atoms with Crippen molar-refractivity contribution in [2.24, 2.45) is 23.7 Å². The Hall–Kier alpha value is -1.66. The van der Waals surface area contributed by atoms with Crippen LogP contribution >= 0.6 is 0 Å². The average Bonchev–Trinajstić information content (AvgIpc) is 2.92. The maximum atomic E-state index is 11.9. The number of hydrogen-bond donors (Lipinski definition) is 2. The number of carbonyl (C=O) groups excluding carboxylic acids is 2. The molecule has 2 N–H and O–H groups in total. The number of rotatable bonds is 2. The molecule has 2 saturated carbocycles.